The maximum Gasteiger partial charge on any atom is 0.335 e. The average molecular weight is 163 g/mol. The van der Waals surface area contributed by atoms with Crippen LogP contribution in [0.15, 0.2) is 0 Å². The normalized spacial score (nSPS) is 15.9. The van der Waals surface area contributed by atoms with Gasteiger partial charge in [0.2, 0.25) is 0 Å². The molecule has 0 aromatic rings. The number of hydrogen-bond acceptors (Lipinski definition) is 4. The lowest BCUT2D eigenvalue weighted by Gasteiger charge is -2.12. The van der Waals surface area contributed by atoms with E-state index in [0.29, 0.717) is 13.0 Å². The van der Waals surface area contributed by atoms with Crippen LogP contribution >= 0.6 is 0 Å². The van der Waals surface area contributed by atoms with Crippen LogP contribution in [0, 0.1) is 0 Å². The number of hydrogen-bond donors (Lipinski definition) is 4. The van der Waals surface area contributed by atoms with Crippen LogP contribution in [-0.2, 0) is 4.79 Å². The molecule has 0 unspecified atom stereocenters. The first-order valence-electron chi connectivity index (χ1n) is 3.38. The van der Waals surface area contributed by atoms with Crippen molar-refractivity contribution in [2.75, 3.05) is 6.54 Å². The summed E-state index contributed by atoms with van der Waals surface area (Å²) in [6.45, 7) is 0.378. The smallest absolute Gasteiger partial charge is 0.335 e. The van der Waals surface area contributed by atoms with Crippen molar-refractivity contribution >= 4 is 5.97 Å². The fraction of sp³-hybridized carbons (Fsp3) is 0.833. The minimum absolute atomic E-state index is 0.212. The van der Waals surface area contributed by atoms with Gasteiger partial charge in [0.25, 0.3) is 0 Å². The average Bonchev–Trinajstić information content (AvgIpc) is 1.98. The van der Waals surface area contributed by atoms with Crippen molar-refractivity contribution in [1.29, 1.82) is 0 Å². The zero-order valence-electron chi connectivity index (χ0n) is 6.10. The molecule has 66 valence electrons. The van der Waals surface area contributed by atoms with Crippen molar-refractivity contribution in [3.05, 3.63) is 0 Å². The van der Waals surface area contributed by atoms with Crippen LogP contribution in [0.3, 0.4) is 0 Å². The standard InChI is InChI=1S/C6H13NO4/c7-3-1-2-4(8)5(9)6(10)11/h4-5,8-9H,1-3,7H2,(H,10,11)/t4-,5+/m1/s1. The van der Waals surface area contributed by atoms with Crippen LogP contribution in [0.25, 0.3) is 0 Å². The molecule has 11 heavy (non-hydrogen) atoms. The number of aliphatic carboxylic acids is 1. The van der Waals surface area contributed by atoms with E-state index in [1.54, 1.807) is 0 Å². The SMILES string of the molecule is NCCC[C@@H](O)[C@H](O)C(=O)O. The van der Waals surface area contributed by atoms with Crippen LogP contribution in [0.1, 0.15) is 12.8 Å². The van der Waals surface area contributed by atoms with Crippen molar-refractivity contribution < 1.29 is 20.1 Å². The molecular formula is C6H13NO4. The fourth-order valence-corrected chi connectivity index (χ4v) is 0.649. The number of nitrogens with two attached hydrogens (primary N) is 1. The molecule has 0 aliphatic heterocycles. The highest BCUT2D eigenvalue weighted by Gasteiger charge is 2.22. The highest BCUT2D eigenvalue weighted by atomic mass is 16.4. The largest absolute Gasteiger partial charge is 0.479 e. The summed E-state index contributed by atoms with van der Waals surface area (Å²) >= 11 is 0. The van der Waals surface area contributed by atoms with Gasteiger partial charge in [-0.05, 0) is 19.4 Å². The van der Waals surface area contributed by atoms with Gasteiger partial charge in [-0.15, -0.1) is 0 Å². The Kier molecular flexibility index (Phi) is 4.76. The number of rotatable bonds is 5. The monoisotopic (exact) mass is 163 g/mol. The molecule has 5 heteroatoms. The molecule has 5 N–H and O–H groups in total. The Hall–Kier alpha value is -0.650. The summed E-state index contributed by atoms with van der Waals surface area (Å²) in [7, 11) is 0. The summed E-state index contributed by atoms with van der Waals surface area (Å²) in [6, 6.07) is 0. The van der Waals surface area contributed by atoms with Crippen LogP contribution in [0.4, 0.5) is 0 Å². The molecule has 0 bridgehead atoms. The second kappa shape index (κ2) is 5.06. The van der Waals surface area contributed by atoms with Crippen LogP contribution in [0.5, 0.6) is 0 Å². The van der Waals surface area contributed by atoms with Gasteiger partial charge < -0.3 is 21.1 Å². The summed E-state index contributed by atoms with van der Waals surface area (Å²) in [5.41, 5.74) is 5.11. The Morgan fingerprint density at radius 1 is 1.45 bits per heavy atom. The minimum Gasteiger partial charge on any atom is -0.479 e. The lowest BCUT2D eigenvalue weighted by Crippen LogP contribution is -2.33. The number of aliphatic hydroxyl groups excluding tert-OH is 2. The number of aliphatic hydroxyl groups is 2. The molecule has 5 nitrogen and oxygen atoms in total. The molecule has 0 aliphatic carbocycles. The van der Waals surface area contributed by atoms with E-state index in [0.717, 1.165) is 0 Å². The molecule has 0 aromatic carbocycles. The Morgan fingerprint density at radius 3 is 2.36 bits per heavy atom. The summed E-state index contributed by atoms with van der Waals surface area (Å²) in [6.07, 6.45) is -2.19. The van der Waals surface area contributed by atoms with E-state index in [-0.39, 0.29) is 6.42 Å². The second-order valence-corrected chi connectivity index (χ2v) is 2.28. The van der Waals surface area contributed by atoms with E-state index in [9.17, 15) is 4.79 Å². The van der Waals surface area contributed by atoms with Gasteiger partial charge in [0, 0.05) is 0 Å². The first kappa shape index (κ1) is 10.3. The summed E-state index contributed by atoms with van der Waals surface area (Å²) in [5.74, 6) is -1.41. The second-order valence-electron chi connectivity index (χ2n) is 2.28. The third-order valence-corrected chi connectivity index (χ3v) is 1.32. The summed E-state index contributed by atoms with van der Waals surface area (Å²) in [5, 5.41) is 25.9. The van der Waals surface area contributed by atoms with E-state index in [1.807, 2.05) is 0 Å². The molecule has 0 saturated heterocycles. The van der Waals surface area contributed by atoms with Crippen molar-refractivity contribution in [3.63, 3.8) is 0 Å². The quantitative estimate of drug-likeness (QED) is 0.396. The maximum absolute atomic E-state index is 10.1. The molecule has 0 amide bonds. The van der Waals surface area contributed by atoms with Gasteiger partial charge in [-0.3, -0.25) is 0 Å². The lowest BCUT2D eigenvalue weighted by molar-refractivity contribution is -0.152. The van der Waals surface area contributed by atoms with E-state index in [4.69, 9.17) is 21.1 Å². The highest BCUT2D eigenvalue weighted by molar-refractivity contribution is 5.72. The van der Waals surface area contributed by atoms with Gasteiger partial charge in [0.15, 0.2) is 6.10 Å². The summed E-state index contributed by atoms with van der Waals surface area (Å²) in [4.78, 5) is 10.1. The zero-order valence-corrected chi connectivity index (χ0v) is 6.10. The number of carboxylic acid groups (broad SMARTS) is 1. The van der Waals surface area contributed by atoms with Gasteiger partial charge in [0.05, 0.1) is 6.10 Å². The molecule has 0 saturated carbocycles. The Bertz CT molecular complexity index is 128. The lowest BCUT2D eigenvalue weighted by atomic mass is 10.1. The maximum atomic E-state index is 10.1. The van der Waals surface area contributed by atoms with Gasteiger partial charge in [-0.25, -0.2) is 4.79 Å². The zero-order chi connectivity index (χ0) is 8.85. The molecule has 0 aromatic heterocycles. The fourth-order valence-electron chi connectivity index (χ4n) is 0.649. The van der Waals surface area contributed by atoms with Crippen LogP contribution in [0.2, 0.25) is 0 Å². The predicted molar refractivity (Wildman–Crippen MR) is 37.9 cm³/mol. The van der Waals surface area contributed by atoms with Crippen molar-refractivity contribution in [3.8, 4) is 0 Å². The van der Waals surface area contributed by atoms with E-state index in [1.165, 1.54) is 0 Å². The number of carbonyl (C=O) groups is 1. The minimum atomic E-state index is -1.69. The molecule has 0 spiro atoms. The third kappa shape index (κ3) is 3.92. The van der Waals surface area contributed by atoms with E-state index < -0.39 is 18.2 Å². The third-order valence-electron chi connectivity index (χ3n) is 1.32. The van der Waals surface area contributed by atoms with Crippen molar-refractivity contribution in [2.24, 2.45) is 5.73 Å². The van der Waals surface area contributed by atoms with Crippen LogP contribution in [-0.4, -0.2) is 40.0 Å². The van der Waals surface area contributed by atoms with Gasteiger partial charge in [0.1, 0.15) is 0 Å². The first-order chi connectivity index (χ1) is 5.09. The number of carboxylic acids is 1. The topological polar surface area (TPSA) is 104 Å². The Labute approximate surface area is 64.4 Å². The molecule has 2 atom stereocenters. The van der Waals surface area contributed by atoms with Crippen molar-refractivity contribution in [2.45, 2.75) is 25.0 Å². The molecule has 0 aliphatic rings. The Morgan fingerprint density at radius 2 is 2.00 bits per heavy atom. The van der Waals surface area contributed by atoms with Gasteiger partial charge in [-0.1, -0.05) is 0 Å². The summed E-state index contributed by atoms with van der Waals surface area (Å²) < 4.78 is 0. The molecule has 0 radical (unpaired) electrons. The Balaban J connectivity index is 3.63. The highest BCUT2D eigenvalue weighted by Crippen LogP contribution is 2.01. The van der Waals surface area contributed by atoms with Gasteiger partial charge in [-0.2, -0.15) is 0 Å². The first-order valence-corrected chi connectivity index (χ1v) is 3.38. The van der Waals surface area contributed by atoms with E-state index >= 15 is 0 Å². The van der Waals surface area contributed by atoms with Crippen molar-refractivity contribution in [1.82, 2.24) is 0 Å². The molecule has 0 rings (SSSR count). The molecule has 0 fully saturated rings. The molecule has 0 heterocycles. The molecular weight excluding hydrogens is 150 g/mol. The van der Waals surface area contributed by atoms with Gasteiger partial charge >= 0.3 is 5.97 Å². The predicted octanol–water partition coefficient (Wildman–Crippen LogP) is -1.47. The van der Waals surface area contributed by atoms with Crippen LogP contribution < -0.4 is 5.73 Å². The van der Waals surface area contributed by atoms with E-state index in [2.05, 4.69) is 0 Å².